The molecule has 182 valence electrons. The van der Waals surface area contributed by atoms with Crippen LogP contribution in [0.15, 0.2) is 41.3 Å². The summed E-state index contributed by atoms with van der Waals surface area (Å²) in [7, 11) is -1.51. The van der Waals surface area contributed by atoms with Crippen molar-refractivity contribution in [1.82, 2.24) is 9.62 Å². The number of aryl methyl sites for hydroxylation is 2. The van der Waals surface area contributed by atoms with Gasteiger partial charge in [0.2, 0.25) is 10.0 Å². The minimum Gasteiger partial charge on any atom is -0.379 e. The minimum atomic E-state index is -3.63. The van der Waals surface area contributed by atoms with Crippen LogP contribution >= 0.6 is 0 Å². The molecule has 0 aliphatic carbocycles. The van der Waals surface area contributed by atoms with Crippen molar-refractivity contribution in [1.29, 1.82) is 0 Å². The van der Waals surface area contributed by atoms with Crippen LogP contribution in [0.25, 0.3) is 0 Å². The predicted octanol–water partition coefficient (Wildman–Crippen LogP) is 3.78. The summed E-state index contributed by atoms with van der Waals surface area (Å²) in [4.78, 5) is 2.60. The van der Waals surface area contributed by atoms with Crippen molar-refractivity contribution in [2.75, 3.05) is 46.6 Å². The molecule has 1 N–H and O–H groups in total. The van der Waals surface area contributed by atoms with Gasteiger partial charge < -0.3 is 14.4 Å². The number of hydrogen-bond acceptors (Lipinski definition) is 5. The van der Waals surface area contributed by atoms with Crippen LogP contribution in [0.3, 0.4) is 0 Å². The molecule has 3 rings (SSSR count). The molecule has 33 heavy (non-hydrogen) atoms. The number of fused-ring (bicyclic) bond motifs is 1. The van der Waals surface area contributed by atoms with Crippen LogP contribution in [0.4, 0.5) is 0 Å². The van der Waals surface area contributed by atoms with Crippen molar-refractivity contribution in [2.24, 2.45) is 0 Å². The Kier molecular flexibility index (Phi) is 8.70. The molecule has 0 aromatic heterocycles. The van der Waals surface area contributed by atoms with Crippen LogP contribution in [0, 0.1) is 13.8 Å². The third kappa shape index (κ3) is 6.22. The lowest BCUT2D eigenvalue weighted by molar-refractivity contribution is 0.0502. The molecule has 0 amide bonds. The molecule has 6 nitrogen and oxygen atoms in total. The topological polar surface area (TPSA) is 67.9 Å². The fourth-order valence-corrected chi connectivity index (χ4v) is 5.76. The SMILES string of the molecule is CCCOCCOCCNS(=O)(=O)c1cccc([C@]2(C)CN(C)Cc3c(C)cc(C)cc32)c1. The average molecular weight is 475 g/mol. The summed E-state index contributed by atoms with van der Waals surface area (Å²) in [6, 6.07) is 11.8. The molecule has 0 bridgehead atoms. The Bertz CT molecular complexity index is 1050. The van der Waals surface area contributed by atoms with E-state index in [-0.39, 0.29) is 16.9 Å². The lowest BCUT2D eigenvalue weighted by Gasteiger charge is -2.42. The molecule has 1 atom stereocenters. The molecule has 0 spiro atoms. The number of nitrogens with one attached hydrogen (secondary N) is 1. The van der Waals surface area contributed by atoms with Gasteiger partial charge in [-0.3, -0.25) is 0 Å². The number of nitrogens with zero attached hydrogens (tertiary/aromatic N) is 1. The molecule has 1 heterocycles. The second kappa shape index (κ2) is 11.1. The Morgan fingerprint density at radius 1 is 1.06 bits per heavy atom. The summed E-state index contributed by atoms with van der Waals surface area (Å²) in [6.45, 7) is 12.5. The first-order chi connectivity index (χ1) is 15.7. The van der Waals surface area contributed by atoms with Gasteiger partial charge in [-0.05, 0) is 61.7 Å². The third-order valence-electron chi connectivity index (χ3n) is 6.27. The highest BCUT2D eigenvalue weighted by atomic mass is 32.2. The van der Waals surface area contributed by atoms with Crippen molar-refractivity contribution in [2.45, 2.75) is 51.0 Å². The Balaban J connectivity index is 1.76. The van der Waals surface area contributed by atoms with Crippen LogP contribution in [-0.4, -0.2) is 59.9 Å². The average Bonchev–Trinajstić information content (AvgIpc) is 2.76. The van der Waals surface area contributed by atoms with Crippen LogP contribution in [0.5, 0.6) is 0 Å². The standard InChI is InChI=1S/C26H38N2O4S/c1-6-11-31-13-14-32-12-10-27-33(29,30)23-9-7-8-22(17-23)26(4)19-28(5)18-24-21(3)15-20(2)16-25(24)26/h7-9,15-17,27H,6,10-14,18-19H2,1-5H3/t26-/m0/s1. The molecule has 2 aromatic carbocycles. The minimum absolute atomic E-state index is 0.224. The van der Waals surface area contributed by atoms with Crippen LogP contribution in [0.2, 0.25) is 0 Å². The number of ether oxygens (including phenoxy) is 2. The van der Waals surface area contributed by atoms with E-state index < -0.39 is 10.0 Å². The summed E-state index contributed by atoms with van der Waals surface area (Å²) in [5, 5.41) is 0. The van der Waals surface area contributed by atoms with E-state index in [9.17, 15) is 8.42 Å². The van der Waals surface area contributed by atoms with Gasteiger partial charge in [-0.2, -0.15) is 0 Å². The number of hydrogen-bond donors (Lipinski definition) is 1. The number of sulfonamides is 1. The highest BCUT2D eigenvalue weighted by Crippen LogP contribution is 2.41. The molecule has 0 radical (unpaired) electrons. The smallest absolute Gasteiger partial charge is 0.240 e. The van der Waals surface area contributed by atoms with Gasteiger partial charge in [-0.1, -0.05) is 43.7 Å². The quantitative estimate of drug-likeness (QED) is 0.502. The third-order valence-corrected chi connectivity index (χ3v) is 7.73. The summed E-state index contributed by atoms with van der Waals surface area (Å²) in [5.41, 5.74) is 5.85. The van der Waals surface area contributed by atoms with E-state index in [0.29, 0.717) is 26.4 Å². The van der Waals surface area contributed by atoms with Crippen molar-refractivity contribution in [3.05, 3.63) is 64.2 Å². The Morgan fingerprint density at radius 3 is 2.52 bits per heavy atom. The van der Waals surface area contributed by atoms with Crippen LogP contribution in [0.1, 0.15) is 48.1 Å². The van der Waals surface area contributed by atoms with Crippen molar-refractivity contribution in [3.63, 3.8) is 0 Å². The maximum Gasteiger partial charge on any atom is 0.240 e. The monoisotopic (exact) mass is 474 g/mol. The van der Waals surface area contributed by atoms with E-state index in [1.807, 2.05) is 18.2 Å². The highest BCUT2D eigenvalue weighted by Gasteiger charge is 2.37. The van der Waals surface area contributed by atoms with Gasteiger partial charge in [0.05, 0.1) is 24.7 Å². The molecule has 1 aliphatic heterocycles. The van der Waals surface area contributed by atoms with E-state index in [1.165, 1.54) is 22.3 Å². The molecule has 7 heteroatoms. The van der Waals surface area contributed by atoms with Gasteiger partial charge in [-0.25, -0.2) is 13.1 Å². The lowest BCUT2D eigenvalue weighted by atomic mass is 9.70. The van der Waals surface area contributed by atoms with Gasteiger partial charge >= 0.3 is 0 Å². The Morgan fingerprint density at radius 2 is 1.79 bits per heavy atom. The largest absolute Gasteiger partial charge is 0.379 e. The highest BCUT2D eigenvalue weighted by molar-refractivity contribution is 7.89. The molecule has 0 saturated carbocycles. The number of rotatable bonds is 11. The van der Waals surface area contributed by atoms with E-state index in [2.05, 4.69) is 56.5 Å². The summed E-state index contributed by atoms with van der Waals surface area (Å²) < 4.78 is 39.4. The van der Waals surface area contributed by atoms with Crippen molar-refractivity contribution < 1.29 is 17.9 Å². The maximum atomic E-state index is 13.0. The number of benzene rings is 2. The van der Waals surface area contributed by atoms with Gasteiger partial charge in [-0.15, -0.1) is 0 Å². The molecular formula is C26H38N2O4S. The fraction of sp³-hybridized carbons (Fsp3) is 0.538. The summed E-state index contributed by atoms with van der Waals surface area (Å²) in [5.74, 6) is 0. The Labute approximate surface area is 199 Å². The molecule has 0 unspecified atom stereocenters. The zero-order chi connectivity index (χ0) is 24.1. The van der Waals surface area contributed by atoms with Gasteiger partial charge in [0.25, 0.3) is 0 Å². The zero-order valence-electron chi connectivity index (χ0n) is 20.6. The summed E-state index contributed by atoms with van der Waals surface area (Å²) in [6.07, 6.45) is 0.971. The first kappa shape index (κ1) is 25.8. The van der Waals surface area contributed by atoms with Crippen molar-refractivity contribution >= 4 is 10.0 Å². The van der Waals surface area contributed by atoms with E-state index >= 15 is 0 Å². The predicted molar refractivity (Wildman–Crippen MR) is 132 cm³/mol. The molecule has 1 aliphatic rings. The Hall–Kier alpha value is -1.77. The molecule has 0 saturated heterocycles. The first-order valence-corrected chi connectivity index (χ1v) is 13.2. The second-order valence-corrected chi connectivity index (χ2v) is 11.0. The van der Waals surface area contributed by atoms with Crippen molar-refractivity contribution in [3.8, 4) is 0 Å². The van der Waals surface area contributed by atoms with Crippen LogP contribution in [-0.2, 0) is 31.5 Å². The van der Waals surface area contributed by atoms with Gasteiger partial charge in [0.15, 0.2) is 0 Å². The fourth-order valence-electron chi connectivity index (χ4n) is 4.70. The first-order valence-electron chi connectivity index (χ1n) is 11.7. The van der Waals surface area contributed by atoms with Gasteiger partial charge in [0.1, 0.15) is 0 Å². The normalized spacial score (nSPS) is 18.9. The zero-order valence-corrected chi connectivity index (χ0v) is 21.4. The van der Waals surface area contributed by atoms with Crippen LogP contribution < -0.4 is 4.72 Å². The number of likely N-dealkylation sites (N-methyl/N-ethyl adjacent to an activating group) is 1. The second-order valence-electron chi connectivity index (χ2n) is 9.26. The van der Waals surface area contributed by atoms with E-state index in [1.54, 1.807) is 6.07 Å². The molecular weight excluding hydrogens is 436 g/mol. The van der Waals surface area contributed by atoms with E-state index in [4.69, 9.17) is 9.47 Å². The van der Waals surface area contributed by atoms with E-state index in [0.717, 1.165) is 25.1 Å². The lowest BCUT2D eigenvalue weighted by Crippen LogP contribution is -2.43. The maximum absolute atomic E-state index is 13.0. The van der Waals surface area contributed by atoms with Gasteiger partial charge in [0, 0.05) is 31.7 Å². The molecule has 2 aromatic rings. The molecule has 0 fully saturated rings. The summed E-state index contributed by atoms with van der Waals surface area (Å²) >= 11 is 0.